The summed E-state index contributed by atoms with van der Waals surface area (Å²) in [6.45, 7) is 7.45. The summed E-state index contributed by atoms with van der Waals surface area (Å²) in [6.07, 6.45) is 6.47. The van der Waals surface area contributed by atoms with E-state index < -0.39 is 0 Å². The summed E-state index contributed by atoms with van der Waals surface area (Å²) in [7, 11) is 0. The summed E-state index contributed by atoms with van der Waals surface area (Å²) in [6, 6.07) is 0.786. The van der Waals surface area contributed by atoms with E-state index in [0.29, 0.717) is 6.54 Å². The van der Waals surface area contributed by atoms with Crippen LogP contribution in [-0.4, -0.2) is 30.6 Å². The van der Waals surface area contributed by atoms with Crippen molar-refractivity contribution in [2.75, 3.05) is 19.6 Å². The van der Waals surface area contributed by atoms with Crippen molar-refractivity contribution in [3.63, 3.8) is 0 Å². The fourth-order valence-corrected chi connectivity index (χ4v) is 2.55. The van der Waals surface area contributed by atoms with Gasteiger partial charge in [-0.25, -0.2) is 0 Å². The molecule has 0 N–H and O–H groups in total. The monoisotopic (exact) mass is 224 g/mol. The third kappa shape index (κ3) is 4.86. The van der Waals surface area contributed by atoms with E-state index in [1.54, 1.807) is 0 Å². The lowest BCUT2D eigenvalue weighted by Gasteiger charge is -2.30. The van der Waals surface area contributed by atoms with Crippen molar-refractivity contribution in [2.24, 2.45) is 11.0 Å². The van der Waals surface area contributed by atoms with Crippen LogP contribution in [0.1, 0.15) is 46.0 Å². The lowest BCUT2D eigenvalue weighted by molar-refractivity contribution is 0.176. The number of hydrogen-bond acceptors (Lipinski definition) is 2. The standard InChI is InChI=1S/C12H24N4/c1-11(2)10-16(9-5-8-14-15-13)12-6-3-4-7-12/h11-12H,3-10H2,1-2H3. The summed E-state index contributed by atoms with van der Waals surface area (Å²) in [5.41, 5.74) is 8.23. The molecule has 0 aliphatic heterocycles. The zero-order valence-electron chi connectivity index (χ0n) is 10.6. The number of rotatable bonds is 7. The van der Waals surface area contributed by atoms with Gasteiger partial charge in [0.1, 0.15) is 0 Å². The molecule has 0 bridgehead atoms. The molecule has 0 aromatic heterocycles. The fourth-order valence-electron chi connectivity index (χ4n) is 2.55. The van der Waals surface area contributed by atoms with Crippen LogP contribution in [0.15, 0.2) is 5.11 Å². The second-order valence-electron chi connectivity index (χ2n) is 5.14. The van der Waals surface area contributed by atoms with Gasteiger partial charge in [-0.3, -0.25) is 0 Å². The van der Waals surface area contributed by atoms with E-state index in [-0.39, 0.29) is 0 Å². The SMILES string of the molecule is CC(C)CN(CCCN=[N+]=[N-])C1CCCC1. The molecule has 0 unspecified atom stereocenters. The maximum absolute atomic E-state index is 8.23. The van der Waals surface area contributed by atoms with Gasteiger partial charge in [0.05, 0.1) is 0 Å². The normalized spacial score (nSPS) is 17.0. The van der Waals surface area contributed by atoms with Gasteiger partial charge < -0.3 is 4.90 Å². The van der Waals surface area contributed by atoms with Gasteiger partial charge in [0.2, 0.25) is 0 Å². The Morgan fingerprint density at radius 3 is 2.62 bits per heavy atom. The first-order valence-electron chi connectivity index (χ1n) is 6.49. The topological polar surface area (TPSA) is 52.0 Å². The number of nitrogens with zero attached hydrogens (tertiary/aromatic N) is 4. The highest BCUT2D eigenvalue weighted by Gasteiger charge is 2.22. The van der Waals surface area contributed by atoms with Crippen LogP contribution < -0.4 is 0 Å². The Bertz CT molecular complexity index is 227. The molecule has 0 atom stereocenters. The Morgan fingerprint density at radius 2 is 2.06 bits per heavy atom. The Balaban J connectivity index is 2.33. The Hall–Kier alpha value is -0.730. The molecule has 1 aliphatic carbocycles. The van der Waals surface area contributed by atoms with Crippen molar-refractivity contribution in [2.45, 2.75) is 52.0 Å². The van der Waals surface area contributed by atoms with Crippen LogP contribution in [0, 0.1) is 5.92 Å². The number of azide groups is 1. The van der Waals surface area contributed by atoms with Crippen molar-refractivity contribution in [3.05, 3.63) is 10.4 Å². The smallest absolute Gasteiger partial charge is 0.0270 e. The summed E-state index contributed by atoms with van der Waals surface area (Å²) < 4.78 is 0. The number of hydrogen-bond donors (Lipinski definition) is 0. The molecule has 0 heterocycles. The van der Waals surface area contributed by atoms with E-state index in [4.69, 9.17) is 5.53 Å². The largest absolute Gasteiger partial charge is 0.300 e. The van der Waals surface area contributed by atoms with Crippen molar-refractivity contribution < 1.29 is 0 Å². The van der Waals surface area contributed by atoms with Gasteiger partial charge >= 0.3 is 0 Å². The minimum atomic E-state index is 0.637. The Kier molecular flexibility index (Phi) is 6.27. The lowest BCUT2D eigenvalue weighted by atomic mass is 10.1. The second-order valence-corrected chi connectivity index (χ2v) is 5.14. The van der Waals surface area contributed by atoms with Gasteiger partial charge in [-0.1, -0.05) is 31.8 Å². The van der Waals surface area contributed by atoms with Crippen LogP contribution >= 0.6 is 0 Å². The molecule has 4 nitrogen and oxygen atoms in total. The summed E-state index contributed by atoms with van der Waals surface area (Å²) in [5, 5.41) is 3.60. The van der Waals surface area contributed by atoms with Crippen molar-refractivity contribution in [1.29, 1.82) is 0 Å². The minimum absolute atomic E-state index is 0.637. The van der Waals surface area contributed by atoms with Crippen LogP contribution in [0.3, 0.4) is 0 Å². The predicted molar refractivity (Wildman–Crippen MR) is 67.3 cm³/mol. The Labute approximate surface area is 98.6 Å². The maximum atomic E-state index is 8.23. The Morgan fingerprint density at radius 1 is 1.38 bits per heavy atom. The molecule has 0 saturated heterocycles. The molecule has 92 valence electrons. The first-order chi connectivity index (χ1) is 7.74. The van der Waals surface area contributed by atoms with E-state index >= 15 is 0 Å². The molecule has 4 heteroatoms. The van der Waals surface area contributed by atoms with E-state index in [9.17, 15) is 0 Å². The molecular weight excluding hydrogens is 200 g/mol. The average molecular weight is 224 g/mol. The summed E-state index contributed by atoms with van der Waals surface area (Å²) in [5.74, 6) is 0.722. The first-order valence-corrected chi connectivity index (χ1v) is 6.49. The third-order valence-electron chi connectivity index (χ3n) is 3.21. The fraction of sp³-hybridized carbons (Fsp3) is 1.00. The molecule has 0 amide bonds. The molecule has 1 saturated carbocycles. The van der Waals surface area contributed by atoms with Gasteiger partial charge in [0.25, 0.3) is 0 Å². The molecule has 16 heavy (non-hydrogen) atoms. The molecule has 0 aromatic carbocycles. The molecule has 0 spiro atoms. The van der Waals surface area contributed by atoms with E-state index in [1.165, 1.54) is 32.2 Å². The van der Waals surface area contributed by atoms with Crippen molar-refractivity contribution in [3.8, 4) is 0 Å². The van der Waals surface area contributed by atoms with E-state index in [1.807, 2.05) is 0 Å². The highest BCUT2D eigenvalue weighted by Crippen LogP contribution is 2.24. The van der Waals surface area contributed by atoms with Gasteiger partial charge in [0.15, 0.2) is 0 Å². The molecule has 1 rings (SSSR count). The molecule has 1 fully saturated rings. The highest BCUT2D eigenvalue weighted by atomic mass is 15.2. The predicted octanol–water partition coefficient (Wildman–Crippen LogP) is 3.59. The first kappa shape index (κ1) is 13.3. The molecular formula is C12H24N4. The molecule has 0 aromatic rings. The lowest BCUT2D eigenvalue weighted by Crippen LogP contribution is -2.37. The zero-order valence-corrected chi connectivity index (χ0v) is 10.6. The maximum Gasteiger partial charge on any atom is 0.0270 e. The molecule has 1 aliphatic rings. The van der Waals surface area contributed by atoms with Gasteiger partial charge in [0, 0.05) is 24.0 Å². The average Bonchev–Trinajstić information content (AvgIpc) is 2.75. The van der Waals surface area contributed by atoms with Gasteiger partial charge in [-0.05, 0) is 37.3 Å². The van der Waals surface area contributed by atoms with Crippen LogP contribution in [0.4, 0.5) is 0 Å². The van der Waals surface area contributed by atoms with Crippen LogP contribution in [0.2, 0.25) is 0 Å². The summed E-state index contributed by atoms with van der Waals surface area (Å²) in [4.78, 5) is 5.40. The van der Waals surface area contributed by atoms with Crippen LogP contribution in [0.25, 0.3) is 10.4 Å². The van der Waals surface area contributed by atoms with E-state index in [2.05, 4.69) is 28.8 Å². The van der Waals surface area contributed by atoms with Crippen LogP contribution in [0.5, 0.6) is 0 Å². The summed E-state index contributed by atoms with van der Waals surface area (Å²) >= 11 is 0. The van der Waals surface area contributed by atoms with Gasteiger partial charge in [-0.2, -0.15) is 0 Å². The highest BCUT2D eigenvalue weighted by molar-refractivity contribution is 4.78. The second kappa shape index (κ2) is 7.53. The van der Waals surface area contributed by atoms with Crippen molar-refractivity contribution in [1.82, 2.24) is 4.90 Å². The zero-order chi connectivity index (χ0) is 11.8. The quantitative estimate of drug-likeness (QED) is 0.282. The van der Waals surface area contributed by atoms with Crippen molar-refractivity contribution >= 4 is 0 Å². The molecule has 0 radical (unpaired) electrons. The van der Waals surface area contributed by atoms with Gasteiger partial charge in [-0.15, -0.1) is 0 Å². The third-order valence-corrected chi connectivity index (χ3v) is 3.21. The minimum Gasteiger partial charge on any atom is -0.300 e. The van der Waals surface area contributed by atoms with Crippen LogP contribution in [-0.2, 0) is 0 Å². The van der Waals surface area contributed by atoms with E-state index in [0.717, 1.165) is 24.9 Å².